The van der Waals surface area contributed by atoms with Gasteiger partial charge in [-0.2, -0.15) is 0 Å². The van der Waals surface area contributed by atoms with Gasteiger partial charge in [-0.1, -0.05) is 6.07 Å². The van der Waals surface area contributed by atoms with Gasteiger partial charge in [0.1, 0.15) is 11.2 Å². The van der Waals surface area contributed by atoms with Gasteiger partial charge < -0.3 is 4.42 Å². The summed E-state index contributed by atoms with van der Waals surface area (Å²) in [5.74, 6) is -0.923. The van der Waals surface area contributed by atoms with Crippen molar-refractivity contribution in [2.45, 2.75) is 19.4 Å². The summed E-state index contributed by atoms with van der Waals surface area (Å²) >= 11 is 0. The number of nitrogens with zero attached hydrogens (tertiary/aromatic N) is 1. The van der Waals surface area contributed by atoms with Gasteiger partial charge in [0.25, 0.3) is 0 Å². The molecular formula is C12H10FNO3. The molecule has 1 saturated carbocycles. The Morgan fingerprint density at radius 1 is 1.35 bits per heavy atom. The van der Waals surface area contributed by atoms with Crippen molar-refractivity contribution in [3.05, 3.63) is 45.0 Å². The topological polar surface area (TPSA) is 52.2 Å². The van der Waals surface area contributed by atoms with Crippen LogP contribution in [0.25, 0.3) is 10.9 Å². The van der Waals surface area contributed by atoms with Crippen molar-refractivity contribution in [3.8, 4) is 0 Å². The van der Waals surface area contributed by atoms with E-state index in [1.807, 2.05) is 0 Å². The maximum atomic E-state index is 13.5. The average molecular weight is 235 g/mol. The normalized spacial score (nSPS) is 15.4. The first kappa shape index (κ1) is 10.3. The third-order valence-electron chi connectivity index (χ3n) is 3.02. The van der Waals surface area contributed by atoms with E-state index in [9.17, 15) is 14.0 Å². The predicted molar refractivity (Wildman–Crippen MR) is 59.4 cm³/mol. The van der Waals surface area contributed by atoms with Crippen molar-refractivity contribution < 1.29 is 8.81 Å². The van der Waals surface area contributed by atoms with Crippen LogP contribution in [-0.2, 0) is 6.54 Å². The first-order chi connectivity index (χ1) is 8.16. The minimum absolute atomic E-state index is 0.146. The molecule has 0 unspecified atom stereocenters. The Morgan fingerprint density at radius 2 is 2.12 bits per heavy atom. The van der Waals surface area contributed by atoms with Crippen LogP contribution in [0.5, 0.6) is 0 Å². The van der Waals surface area contributed by atoms with Crippen molar-refractivity contribution >= 4 is 10.9 Å². The molecule has 1 aliphatic rings. The summed E-state index contributed by atoms with van der Waals surface area (Å²) in [5, 5.41) is -0.146. The third kappa shape index (κ3) is 1.67. The summed E-state index contributed by atoms with van der Waals surface area (Å²) < 4.78 is 19.4. The standard InChI is InChI=1S/C12H10FNO3/c13-8-2-1-3-9-10(8)11(15)17-12(16)14(9)6-7-4-5-7/h1-3,7H,4-6H2. The quantitative estimate of drug-likeness (QED) is 0.792. The molecule has 1 fully saturated rings. The molecule has 0 atom stereocenters. The van der Waals surface area contributed by atoms with Gasteiger partial charge in [0.2, 0.25) is 0 Å². The lowest BCUT2D eigenvalue weighted by Crippen LogP contribution is -2.26. The zero-order valence-electron chi connectivity index (χ0n) is 8.98. The summed E-state index contributed by atoms with van der Waals surface area (Å²) in [5.41, 5.74) is -0.590. The van der Waals surface area contributed by atoms with E-state index >= 15 is 0 Å². The van der Waals surface area contributed by atoms with Crippen molar-refractivity contribution in [2.75, 3.05) is 0 Å². The Labute approximate surface area is 95.3 Å². The maximum Gasteiger partial charge on any atom is 0.422 e. The highest BCUT2D eigenvalue weighted by Gasteiger charge is 2.24. The molecule has 1 aromatic heterocycles. The molecule has 0 amide bonds. The molecular weight excluding hydrogens is 225 g/mol. The minimum atomic E-state index is -0.907. The number of hydrogen-bond donors (Lipinski definition) is 0. The fourth-order valence-corrected chi connectivity index (χ4v) is 1.96. The van der Waals surface area contributed by atoms with Crippen molar-refractivity contribution in [1.82, 2.24) is 4.57 Å². The number of hydrogen-bond acceptors (Lipinski definition) is 3. The SMILES string of the molecule is O=c1oc(=O)n(CC2CC2)c2cccc(F)c12. The molecule has 88 valence electrons. The second kappa shape index (κ2) is 3.55. The molecule has 0 aliphatic heterocycles. The molecule has 2 aromatic rings. The smallest absolute Gasteiger partial charge is 0.372 e. The molecule has 0 bridgehead atoms. The second-order valence-electron chi connectivity index (χ2n) is 4.34. The maximum absolute atomic E-state index is 13.5. The highest BCUT2D eigenvalue weighted by atomic mass is 19.1. The van der Waals surface area contributed by atoms with Crippen LogP contribution in [0, 0.1) is 11.7 Å². The van der Waals surface area contributed by atoms with Gasteiger partial charge in [0.05, 0.1) is 5.52 Å². The van der Waals surface area contributed by atoms with Crippen LogP contribution in [0.15, 0.2) is 32.2 Å². The van der Waals surface area contributed by atoms with Gasteiger partial charge in [-0.3, -0.25) is 4.57 Å². The number of rotatable bonds is 2. The highest BCUT2D eigenvalue weighted by molar-refractivity contribution is 5.78. The van der Waals surface area contributed by atoms with Crippen molar-refractivity contribution in [1.29, 1.82) is 0 Å². The third-order valence-corrected chi connectivity index (χ3v) is 3.02. The number of aromatic nitrogens is 1. The molecule has 0 saturated heterocycles. The van der Waals surface area contributed by atoms with Gasteiger partial charge in [-0.15, -0.1) is 0 Å². The number of halogens is 1. The van der Waals surface area contributed by atoms with Gasteiger partial charge in [-0.25, -0.2) is 14.0 Å². The van der Waals surface area contributed by atoms with Crippen LogP contribution in [-0.4, -0.2) is 4.57 Å². The van der Waals surface area contributed by atoms with E-state index < -0.39 is 17.2 Å². The second-order valence-corrected chi connectivity index (χ2v) is 4.34. The zero-order chi connectivity index (χ0) is 12.0. The van der Waals surface area contributed by atoms with Crippen LogP contribution in [0.1, 0.15) is 12.8 Å². The molecule has 1 heterocycles. The largest absolute Gasteiger partial charge is 0.422 e. The summed E-state index contributed by atoms with van der Waals surface area (Å²) in [6, 6.07) is 4.24. The van der Waals surface area contributed by atoms with E-state index in [2.05, 4.69) is 4.42 Å². The fourth-order valence-electron chi connectivity index (χ4n) is 1.96. The molecule has 1 aromatic carbocycles. The predicted octanol–water partition coefficient (Wildman–Crippen LogP) is 1.50. The lowest BCUT2D eigenvalue weighted by atomic mass is 10.2. The van der Waals surface area contributed by atoms with E-state index in [0.29, 0.717) is 18.0 Å². The fraction of sp³-hybridized carbons (Fsp3) is 0.333. The molecule has 5 heteroatoms. The summed E-state index contributed by atoms with van der Waals surface area (Å²) in [4.78, 5) is 23.1. The lowest BCUT2D eigenvalue weighted by Gasteiger charge is -2.07. The Morgan fingerprint density at radius 3 is 2.82 bits per heavy atom. The Kier molecular flexibility index (Phi) is 2.14. The summed E-state index contributed by atoms with van der Waals surface area (Å²) in [6.07, 6.45) is 2.12. The molecule has 17 heavy (non-hydrogen) atoms. The first-order valence-electron chi connectivity index (χ1n) is 5.49. The molecule has 0 N–H and O–H groups in total. The number of fused-ring (bicyclic) bond motifs is 1. The summed E-state index contributed by atoms with van der Waals surface area (Å²) in [6.45, 7) is 0.489. The minimum Gasteiger partial charge on any atom is -0.372 e. The van der Waals surface area contributed by atoms with Gasteiger partial charge in [0, 0.05) is 6.54 Å². The highest BCUT2D eigenvalue weighted by Crippen LogP contribution is 2.30. The first-order valence-corrected chi connectivity index (χ1v) is 5.49. The van der Waals surface area contributed by atoms with E-state index in [4.69, 9.17) is 0 Å². The van der Waals surface area contributed by atoms with Crippen molar-refractivity contribution in [3.63, 3.8) is 0 Å². The molecule has 0 radical (unpaired) electrons. The van der Waals surface area contributed by atoms with Crippen molar-refractivity contribution in [2.24, 2.45) is 5.92 Å². The lowest BCUT2D eigenvalue weighted by molar-refractivity contribution is 0.406. The average Bonchev–Trinajstić information content (AvgIpc) is 3.07. The Bertz CT molecular complexity index is 697. The van der Waals surface area contributed by atoms with Gasteiger partial charge in [-0.05, 0) is 30.9 Å². The molecule has 3 rings (SSSR count). The van der Waals surface area contributed by atoms with Crippen LogP contribution >= 0.6 is 0 Å². The Balaban J connectivity index is 2.36. The van der Waals surface area contributed by atoms with E-state index in [1.165, 1.54) is 16.7 Å². The van der Waals surface area contributed by atoms with Crippen LogP contribution < -0.4 is 11.4 Å². The van der Waals surface area contributed by atoms with Crippen LogP contribution in [0.3, 0.4) is 0 Å². The van der Waals surface area contributed by atoms with Crippen LogP contribution in [0.4, 0.5) is 4.39 Å². The molecule has 0 spiro atoms. The summed E-state index contributed by atoms with van der Waals surface area (Å²) in [7, 11) is 0. The van der Waals surface area contributed by atoms with Crippen LogP contribution in [0.2, 0.25) is 0 Å². The monoisotopic (exact) mass is 235 g/mol. The van der Waals surface area contributed by atoms with E-state index in [1.54, 1.807) is 6.07 Å². The Hall–Kier alpha value is -1.91. The number of benzene rings is 1. The molecule has 1 aliphatic carbocycles. The van der Waals surface area contributed by atoms with Gasteiger partial charge >= 0.3 is 11.4 Å². The van der Waals surface area contributed by atoms with E-state index in [0.717, 1.165) is 12.8 Å². The molecule has 4 nitrogen and oxygen atoms in total. The van der Waals surface area contributed by atoms with Gasteiger partial charge in [0.15, 0.2) is 0 Å². The zero-order valence-corrected chi connectivity index (χ0v) is 8.98. The van der Waals surface area contributed by atoms with E-state index in [-0.39, 0.29) is 5.39 Å².